The van der Waals surface area contributed by atoms with Crippen LogP contribution < -0.4 is 5.32 Å². The van der Waals surface area contributed by atoms with Gasteiger partial charge in [0.1, 0.15) is 0 Å². The average molecular weight is 367 g/mol. The Morgan fingerprint density at radius 3 is 3.11 bits per heavy atom. The van der Waals surface area contributed by atoms with Crippen LogP contribution in [-0.4, -0.2) is 16.0 Å². The van der Waals surface area contributed by atoms with Gasteiger partial charge in [-0.15, -0.1) is 0 Å². The van der Waals surface area contributed by atoms with Crippen molar-refractivity contribution < 1.29 is 9.32 Å². The van der Waals surface area contributed by atoms with Crippen molar-refractivity contribution in [3.05, 3.63) is 35.4 Å². The van der Waals surface area contributed by atoms with E-state index < -0.39 is 0 Å². The van der Waals surface area contributed by atoms with Crippen LogP contribution in [0.3, 0.4) is 0 Å². The molecule has 2 aromatic rings. The van der Waals surface area contributed by atoms with Gasteiger partial charge in [-0.2, -0.15) is 4.98 Å². The van der Waals surface area contributed by atoms with E-state index in [1.165, 1.54) is 21.6 Å². The lowest BCUT2D eigenvalue weighted by Crippen LogP contribution is -2.05. The van der Waals surface area contributed by atoms with Gasteiger partial charge in [-0.25, -0.2) is 0 Å². The summed E-state index contributed by atoms with van der Waals surface area (Å²) in [6, 6.07) is 6.20. The van der Waals surface area contributed by atoms with Gasteiger partial charge in [0.05, 0.1) is 0 Å². The van der Waals surface area contributed by atoms with Crippen LogP contribution in [0.1, 0.15) is 18.1 Å². The highest BCUT2D eigenvalue weighted by Crippen LogP contribution is 2.34. The van der Waals surface area contributed by atoms with Gasteiger partial charge in [-0.3, -0.25) is 10.1 Å². The van der Waals surface area contributed by atoms with Crippen LogP contribution in [0.4, 0.5) is 6.01 Å². The van der Waals surface area contributed by atoms with E-state index in [0.29, 0.717) is 5.82 Å². The fourth-order valence-electron chi connectivity index (χ4n) is 1.97. The number of fused-ring (bicyclic) bond motifs is 1. The third-order valence-corrected chi connectivity index (χ3v) is 3.86. The van der Waals surface area contributed by atoms with Crippen LogP contribution in [0.5, 0.6) is 0 Å². The van der Waals surface area contributed by atoms with Gasteiger partial charge in [0, 0.05) is 16.1 Å². The molecule has 0 aliphatic heterocycles. The maximum atomic E-state index is 10.9. The summed E-state index contributed by atoms with van der Waals surface area (Å²) in [5.41, 5.74) is 3.39. The van der Waals surface area contributed by atoms with E-state index in [0.717, 1.165) is 12.0 Å². The van der Waals surface area contributed by atoms with E-state index in [1.54, 1.807) is 0 Å². The summed E-state index contributed by atoms with van der Waals surface area (Å²) >= 11 is 2.32. The van der Waals surface area contributed by atoms with Crippen LogP contribution in [0.15, 0.2) is 28.8 Å². The van der Waals surface area contributed by atoms with Crippen molar-refractivity contribution in [3.63, 3.8) is 0 Å². The Hall–Kier alpha value is -1.70. The van der Waals surface area contributed by atoms with Crippen molar-refractivity contribution >= 4 is 38.1 Å². The van der Waals surface area contributed by atoms with Crippen LogP contribution in [0.2, 0.25) is 0 Å². The molecule has 0 saturated carbocycles. The Morgan fingerprint density at radius 2 is 2.32 bits per heavy atom. The topological polar surface area (TPSA) is 68.0 Å². The lowest BCUT2D eigenvalue weighted by atomic mass is 10.1. The molecule has 1 amide bonds. The van der Waals surface area contributed by atoms with Crippen molar-refractivity contribution in [2.75, 3.05) is 5.32 Å². The minimum atomic E-state index is -0.235. The summed E-state index contributed by atoms with van der Waals surface area (Å²) in [7, 11) is 0. The number of rotatable bonds is 2. The fraction of sp³-hybridized carbons (Fsp3) is 0.154. The molecule has 19 heavy (non-hydrogen) atoms. The molecule has 0 radical (unpaired) electrons. The fourth-order valence-corrected chi connectivity index (χ4v) is 2.69. The third kappa shape index (κ3) is 2.40. The number of amides is 1. The largest absolute Gasteiger partial charge is 0.328 e. The summed E-state index contributed by atoms with van der Waals surface area (Å²) in [6.07, 6.45) is 3.16. The smallest absolute Gasteiger partial charge is 0.315 e. The van der Waals surface area contributed by atoms with Crippen molar-refractivity contribution in [2.24, 2.45) is 0 Å². The van der Waals surface area contributed by atoms with Gasteiger partial charge in [0.2, 0.25) is 11.7 Å². The molecule has 1 aromatic heterocycles. The Kier molecular flexibility index (Phi) is 3.09. The molecular weight excluding hydrogens is 357 g/mol. The zero-order chi connectivity index (χ0) is 13.4. The van der Waals surface area contributed by atoms with E-state index >= 15 is 0 Å². The first-order chi connectivity index (χ1) is 9.13. The molecule has 0 fully saturated rings. The minimum absolute atomic E-state index is 0.119. The number of halogens is 1. The molecule has 1 aliphatic rings. The quantitative estimate of drug-likeness (QED) is 0.829. The summed E-state index contributed by atoms with van der Waals surface area (Å²) in [6.45, 7) is 1.40. The standard InChI is InChI=1S/C13H10IN3O2/c1-7(18)15-13-16-12(17-19-13)9-3-2-8-4-5-11(14)10(8)6-9/h2-3,5-6H,4H2,1H3,(H,15,16,17,18). The van der Waals surface area contributed by atoms with Crippen LogP contribution in [-0.2, 0) is 11.2 Å². The first-order valence-corrected chi connectivity index (χ1v) is 6.82. The van der Waals surface area contributed by atoms with Gasteiger partial charge in [-0.1, -0.05) is 23.4 Å². The Bertz CT molecular complexity index is 691. The number of aromatic nitrogens is 2. The molecular formula is C13H10IN3O2. The molecule has 1 aromatic carbocycles. The van der Waals surface area contributed by atoms with E-state index in [1.807, 2.05) is 12.1 Å². The zero-order valence-corrected chi connectivity index (χ0v) is 12.3. The zero-order valence-electron chi connectivity index (χ0n) is 10.1. The molecule has 0 spiro atoms. The molecule has 0 atom stereocenters. The Labute approximate surface area is 123 Å². The maximum absolute atomic E-state index is 10.9. The van der Waals surface area contributed by atoms with Gasteiger partial charge >= 0.3 is 6.01 Å². The molecule has 6 heteroatoms. The molecule has 1 heterocycles. The van der Waals surface area contributed by atoms with E-state index in [4.69, 9.17) is 4.52 Å². The highest BCUT2D eigenvalue weighted by Gasteiger charge is 2.15. The number of benzene rings is 1. The average Bonchev–Trinajstić information content (AvgIpc) is 2.96. The molecule has 1 aliphatic carbocycles. The molecule has 0 bridgehead atoms. The number of carbonyl (C=O) groups excluding carboxylic acids is 1. The van der Waals surface area contributed by atoms with Crippen molar-refractivity contribution in [3.8, 4) is 11.4 Å². The summed E-state index contributed by atoms with van der Waals surface area (Å²) < 4.78 is 6.20. The highest BCUT2D eigenvalue weighted by atomic mass is 127. The van der Waals surface area contributed by atoms with Crippen molar-refractivity contribution in [1.29, 1.82) is 0 Å². The Morgan fingerprint density at radius 1 is 1.47 bits per heavy atom. The number of hydrogen-bond donors (Lipinski definition) is 1. The lowest BCUT2D eigenvalue weighted by molar-refractivity contribution is -0.114. The number of allylic oxidation sites excluding steroid dienone is 1. The van der Waals surface area contributed by atoms with Crippen LogP contribution in [0.25, 0.3) is 15.0 Å². The minimum Gasteiger partial charge on any atom is -0.315 e. The molecule has 3 rings (SSSR count). The molecule has 5 nitrogen and oxygen atoms in total. The van der Waals surface area contributed by atoms with Crippen LogP contribution >= 0.6 is 22.6 Å². The summed E-state index contributed by atoms with van der Waals surface area (Å²) in [5, 5.41) is 6.33. The second kappa shape index (κ2) is 4.76. The lowest BCUT2D eigenvalue weighted by Gasteiger charge is -2.02. The molecule has 0 unspecified atom stereocenters. The SMILES string of the molecule is CC(=O)Nc1nc(-c2ccc3c(c2)C(I)=CC3)no1. The number of nitrogens with one attached hydrogen (secondary N) is 1. The third-order valence-electron chi connectivity index (χ3n) is 2.84. The second-order valence-corrected chi connectivity index (χ2v) is 5.39. The second-order valence-electron chi connectivity index (χ2n) is 4.23. The van der Waals surface area contributed by atoms with E-state index in [2.05, 4.69) is 50.2 Å². The summed E-state index contributed by atoms with van der Waals surface area (Å²) in [4.78, 5) is 15.0. The van der Waals surface area contributed by atoms with Gasteiger partial charge in [0.25, 0.3) is 0 Å². The highest BCUT2D eigenvalue weighted by molar-refractivity contribution is 14.1. The normalized spacial score (nSPS) is 13.1. The van der Waals surface area contributed by atoms with Gasteiger partial charge in [0.15, 0.2) is 0 Å². The van der Waals surface area contributed by atoms with Crippen LogP contribution in [0, 0.1) is 0 Å². The number of hydrogen-bond acceptors (Lipinski definition) is 4. The van der Waals surface area contributed by atoms with Gasteiger partial charge in [-0.05, 0) is 46.2 Å². The molecule has 1 N–H and O–H groups in total. The number of anilines is 1. The number of carbonyl (C=O) groups is 1. The maximum Gasteiger partial charge on any atom is 0.328 e. The predicted molar refractivity (Wildman–Crippen MR) is 79.7 cm³/mol. The monoisotopic (exact) mass is 367 g/mol. The first kappa shape index (κ1) is 12.3. The van der Waals surface area contributed by atoms with Crippen molar-refractivity contribution in [2.45, 2.75) is 13.3 Å². The van der Waals surface area contributed by atoms with Crippen molar-refractivity contribution in [1.82, 2.24) is 10.1 Å². The van der Waals surface area contributed by atoms with Gasteiger partial charge < -0.3 is 4.52 Å². The molecule has 96 valence electrons. The predicted octanol–water partition coefficient (Wildman–Crippen LogP) is 3.03. The number of nitrogens with zero attached hydrogens (tertiary/aromatic N) is 2. The van der Waals surface area contributed by atoms with E-state index in [9.17, 15) is 4.79 Å². The first-order valence-electron chi connectivity index (χ1n) is 5.74. The Balaban J connectivity index is 1.94. The van der Waals surface area contributed by atoms with E-state index in [-0.39, 0.29) is 11.9 Å². The summed E-state index contributed by atoms with van der Waals surface area (Å²) in [5.74, 6) is 0.240. The molecule has 0 saturated heterocycles.